The summed E-state index contributed by atoms with van der Waals surface area (Å²) < 4.78 is 9.16. The summed E-state index contributed by atoms with van der Waals surface area (Å²) in [5.74, 6) is -2.26. The SMILES string of the molecule is CCOC(=O)C(=O)NC(=O)OCc1ccccc1. The molecule has 0 unspecified atom stereocenters. The van der Waals surface area contributed by atoms with E-state index >= 15 is 0 Å². The summed E-state index contributed by atoms with van der Waals surface area (Å²) in [6.07, 6.45) is -0.989. The van der Waals surface area contributed by atoms with E-state index in [1.54, 1.807) is 36.5 Å². The summed E-state index contributed by atoms with van der Waals surface area (Å²) >= 11 is 0. The number of rotatable bonds is 3. The van der Waals surface area contributed by atoms with E-state index in [1.165, 1.54) is 0 Å². The highest BCUT2D eigenvalue weighted by Crippen LogP contribution is 2.00. The number of esters is 1. The first-order valence-corrected chi connectivity index (χ1v) is 5.32. The van der Waals surface area contributed by atoms with E-state index in [1.807, 2.05) is 6.07 Å². The smallest absolute Gasteiger partial charge is 0.414 e. The number of benzene rings is 1. The van der Waals surface area contributed by atoms with Crippen LogP contribution in [0.4, 0.5) is 4.79 Å². The van der Waals surface area contributed by atoms with Crippen LogP contribution in [0.3, 0.4) is 0 Å². The van der Waals surface area contributed by atoms with E-state index in [2.05, 4.69) is 4.74 Å². The predicted molar refractivity (Wildman–Crippen MR) is 61.4 cm³/mol. The third kappa shape index (κ3) is 4.65. The van der Waals surface area contributed by atoms with Gasteiger partial charge in [0.25, 0.3) is 0 Å². The maximum atomic E-state index is 11.2. The summed E-state index contributed by atoms with van der Waals surface area (Å²) in [5.41, 5.74) is 0.774. The molecule has 18 heavy (non-hydrogen) atoms. The van der Waals surface area contributed by atoms with E-state index in [-0.39, 0.29) is 13.2 Å². The maximum absolute atomic E-state index is 11.2. The van der Waals surface area contributed by atoms with E-state index in [4.69, 9.17) is 4.74 Å². The summed E-state index contributed by atoms with van der Waals surface area (Å²) in [5, 5.41) is 1.76. The minimum Gasteiger partial charge on any atom is -0.459 e. The molecule has 1 N–H and O–H groups in total. The molecule has 0 aliphatic heterocycles. The molecule has 0 spiro atoms. The zero-order chi connectivity index (χ0) is 13.4. The number of nitrogens with one attached hydrogen (secondary N) is 1. The van der Waals surface area contributed by atoms with Crippen molar-refractivity contribution >= 4 is 18.0 Å². The second-order valence-corrected chi connectivity index (χ2v) is 3.24. The number of hydrogen-bond acceptors (Lipinski definition) is 5. The first-order chi connectivity index (χ1) is 8.63. The molecule has 0 heterocycles. The fraction of sp³-hybridized carbons (Fsp3) is 0.250. The van der Waals surface area contributed by atoms with Crippen LogP contribution in [0.5, 0.6) is 0 Å². The second-order valence-electron chi connectivity index (χ2n) is 3.24. The fourth-order valence-electron chi connectivity index (χ4n) is 1.10. The van der Waals surface area contributed by atoms with Crippen molar-refractivity contribution in [2.24, 2.45) is 0 Å². The van der Waals surface area contributed by atoms with E-state index in [0.29, 0.717) is 0 Å². The molecule has 0 atom stereocenters. The lowest BCUT2D eigenvalue weighted by Crippen LogP contribution is -2.37. The Bertz CT molecular complexity index is 429. The molecule has 1 aromatic carbocycles. The van der Waals surface area contributed by atoms with Crippen molar-refractivity contribution in [2.75, 3.05) is 6.61 Å². The fourth-order valence-corrected chi connectivity index (χ4v) is 1.10. The number of amides is 2. The first kappa shape index (κ1) is 13.7. The van der Waals surface area contributed by atoms with Gasteiger partial charge in [0.05, 0.1) is 6.61 Å². The van der Waals surface area contributed by atoms with Crippen LogP contribution in [0, 0.1) is 0 Å². The third-order valence-electron chi connectivity index (χ3n) is 1.89. The second kappa shape index (κ2) is 7.05. The Labute approximate surface area is 104 Å². The maximum Gasteiger partial charge on any atom is 0.414 e. The standard InChI is InChI=1S/C12H13NO5/c1-2-17-11(15)10(14)13-12(16)18-8-9-6-4-3-5-7-9/h3-7H,2,8H2,1H3,(H,13,14,16). The van der Waals surface area contributed by atoms with Gasteiger partial charge in [-0.1, -0.05) is 30.3 Å². The van der Waals surface area contributed by atoms with Crippen molar-refractivity contribution in [3.8, 4) is 0 Å². The highest BCUT2D eigenvalue weighted by atomic mass is 16.6. The summed E-state index contributed by atoms with van der Waals surface area (Å²) in [7, 11) is 0. The Balaban J connectivity index is 2.34. The molecule has 0 fully saturated rings. The molecule has 2 amide bonds. The number of carbonyl (C=O) groups is 3. The van der Waals surface area contributed by atoms with Gasteiger partial charge in [0, 0.05) is 0 Å². The van der Waals surface area contributed by atoms with Gasteiger partial charge in [-0.05, 0) is 12.5 Å². The Hall–Kier alpha value is -2.37. The van der Waals surface area contributed by atoms with Crippen LogP contribution >= 0.6 is 0 Å². The van der Waals surface area contributed by atoms with Crippen LogP contribution in [0.2, 0.25) is 0 Å². The monoisotopic (exact) mass is 251 g/mol. The van der Waals surface area contributed by atoms with Gasteiger partial charge in [0.1, 0.15) is 6.61 Å². The normalized spacial score (nSPS) is 9.39. The Morgan fingerprint density at radius 1 is 1.11 bits per heavy atom. The van der Waals surface area contributed by atoms with E-state index in [0.717, 1.165) is 5.56 Å². The lowest BCUT2D eigenvalue weighted by Gasteiger charge is -2.05. The molecule has 0 aliphatic rings. The Kier molecular flexibility index (Phi) is 5.37. The van der Waals surface area contributed by atoms with Crippen molar-refractivity contribution < 1.29 is 23.9 Å². The number of ether oxygens (including phenoxy) is 2. The molecule has 1 rings (SSSR count). The van der Waals surface area contributed by atoms with Crippen molar-refractivity contribution in [3.63, 3.8) is 0 Å². The largest absolute Gasteiger partial charge is 0.459 e. The van der Waals surface area contributed by atoms with Crippen molar-refractivity contribution in [2.45, 2.75) is 13.5 Å². The molecule has 6 nitrogen and oxygen atoms in total. The molecule has 6 heteroatoms. The molecule has 0 aromatic heterocycles. The topological polar surface area (TPSA) is 81.7 Å². The average Bonchev–Trinajstić information content (AvgIpc) is 2.38. The van der Waals surface area contributed by atoms with Gasteiger partial charge < -0.3 is 9.47 Å². The first-order valence-electron chi connectivity index (χ1n) is 5.32. The Morgan fingerprint density at radius 2 is 1.78 bits per heavy atom. The van der Waals surface area contributed by atoms with Crippen molar-refractivity contribution in [1.82, 2.24) is 5.32 Å². The summed E-state index contributed by atoms with van der Waals surface area (Å²) in [6, 6.07) is 8.94. The Morgan fingerprint density at radius 3 is 2.39 bits per heavy atom. The van der Waals surface area contributed by atoms with Crippen LogP contribution in [0.25, 0.3) is 0 Å². The molecule has 96 valence electrons. The molecular formula is C12H13NO5. The van der Waals surface area contributed by atoms with Gasteiger partial charge >= 0.3 is 18.0 Å². The van der Waals surface area contributed by atoms with Gasteiger partial charge in [-0.3, -0.25) is 10.1 Å². The van der Waals surface area contributed by atoms with E-state index in [9.17, 15) is 14.4 Å². The van der Waals surface area contributed by atoms with E-state index < -0.39 is 18.0 Å². The third-order valence-corrected chi connectivity index (χ3v) is 1.89. The van der Waals surface area contributed by atoms with Crippen LogP contribution in [-0.2, 0) is 25.7 Å². The highest BCUT2D eigenvalue weighted by molar-refractivity contribution is 6.35. The lowest BCUT2D eigenvalue weighted by atomic mass is 10.2. The average molecular weight is 251 g/mol. The molecule has 0 radical (unpaired) electrons. The van der Waals surface area contributed by atoms with Gasteiger partial charge in [-0.2, -0.15) is 0 Å². The van der Waals surface area contributed by atoms with Crippen molar-refractivity contribution in [3.05, 3.63) is 35.9 Å². The zero-order valence-corrected chi connectivity index (χ0v) is 9.84. The van der Waals surface area contributed by atoms with Crippen LogP contribution < -0.4 is 5.32 Å². The van der Waals surface area contributed by atoms with Gasteiger partial charge in [0.2, 0.25) is 0 Å². The lowest BCUT2D eigenvalue weighted by molar-refractivity contribution is -0.154. The number of carbonyl (C=O) groups excluding carboxylic acids is 3. The van der Waals surface area contributed by atoms with Crippen LogP contribution in [0.15, 0.2) is 30.3 Å². The highest BCUT2D eigenvalue weighted by Gasteiger charge is 2.18. The van der Waals surface area contributed by atoms with Gasteiger partial charge in [-0.25, -0.2) is 9.59 Å². The minimum atomic E-state index is -1.14. The van der Waals surface area contributed by atoms with Crippen LogP contribution in [0.1, 0.15) is 12.5 Å². The number of alkyl carbamates (subject to hydrolysis) is 1. The van der Waals surface area contributed by atoms with Gasteiger partial charge in [0.15, 0.2) is 0 Å². The van der Waals surface area contributed by atoms with Crippen molar-refractivity contribution in [1.29, 1.82) is 0 Å². The summed E-state index contributed by atoms with van der Waals surface area (Å²) in [4.78, 5) is 33.2. The molecule has 0 bridgehead atoms. The minimum absolute atomic E-state index is 0.0166. The number of imide groups is 1. The predicted octanol–water partition coefficient (Wildman–Crippen LogP) is 1.00. The zero-order valence-electron chi connectivity index (χ0n) is 9.84. The molecular weight excluding hydrogens is 238 g/mol. The molecule has 0 saturated carbocycles. The number of hydrogen-bond donors (Lipinski definition) is 1. The quantitative estimate of drug-likeness (QED) is 0.640. The van der Waals surface area contributed by atoms with Crippen LogP contribution in [-0.4, -0.2) is 24.6 Å². The molecule has 0 saturated heterocycles. The van der Waals surface area contributed by atoms with Gasteiger partial charge in [-0.15, -0.1) is 0 Å². The molecule has 1 aromatic rings. The molecule has 0 aliphatic carbocycles. The summed E-state index contributed by atoms with van der Waals surface area (Å²) in [6.45, 7) is 1.63.